The van der Waals surface area contributed by atoms with E-state index in [-0.39, 0.29) is 5.25 Å². The molecule has 0 aromatic heterocycles. The molecule has 1 N–H and O–H groups in total. The molecule has 1 atom stereocenters. The lowest BCUT2D eigenvalue weighted by Gasteiger charge is -2.11. The first-order chi connectivity index (χ1) is 8.02. The van der Waals surface area contributed by atoms with Gasteiger partial charge in [-0.05, 0) is 25.2 Å². The standard InChI is InChI=1S/C12H25NO3S/c1-11(2)5-7-16-8-6-13-10-12-4-3-9-17(12,14)15/h11-13H,3-10H2,1-2H3. The van der Waals surface area contributed by atoms with E-state index in [1.54, 1.807) is 0 Å². The van der Waals surface area contributed by atoms with E-state index in [4.69, 9.17) is 4.74 Å². The molecule has 17 heavy (non-hydrogen) atoms. The Hall–Kier alpha value is -0.130. The Kier molecular flexibility index (Phi) is 6.44. The van der Waals surface area contributed by atoms with Crippen LogP contribution in [0.2, 0.25) is 0 Å². The van der Waals surface area contributed by atoms with Crippen molar-refractivity contribution in [1.82, 2.24) is 5.32 Å². The van der Waals surface area contributed by atoms with Crippen molar-refractivity contribution >= 4 is 9.84 Å². The quantitative estimate of drug-likeness (QED) is 0.669. The molecule has 1 saturated heterocycles. The minimum absolute atomic E-state index is 0.168. The van der Waals surface area contributed by atoms with Crippen molar-refractivity contribution in [3.05, 3.63) is 0 Å². The molecule has 1 heterocycles. The number of sulfone groups is 1. The van der Waals surface area contributed by atoms with Crippen molar-refractivity contribution in [2.75, 3.05) is 32.1 Å². The van der Waals surface area contributed by atoms with Crippen LogP contribution in [0.3, 0.4) is 0 Å². The van der Waals surface area contributed by atoms with Gasteiger partial charge in [0, 0.05) is 19.7 Å². The summed E-state index contributed by atoms with van der Waals surface area (Å²) in [4.78, 5) is 0. The third-order valence-corrected chi connectivity index (χ3v) is 5.37. The van der Waals surface area contributed by atoms with E-state index in [0.29, 0.717) is 24.8 Å². The highest BCUT2D eigenvalue weighted by atomic mass is 32.2. The van der Waals surface area contributed by atoms with E-state index >= 15 is 0 Å². The molecule has 1 aliphatic rings. The van der Waals surface area contributed by atoms with E-state index in [1.165, 1.54) is 0 Å². The van der Waals surface area contributed by atoms with Crippen LogP contribution in [0.4, 0.5) is 0 Å². The third kappa shape index (κ3) is 5.84. The highest BCUT2D eigenvalue weighted by molar-refractivity contribution is 7.92. The van der Waals surface area contributed by atoms with Gasteiger partial charge in [0.2, 0.25) is 0 Å². The summed E-state index contributed by atoms with van der Waals surface area (Å²) in [5.74, 6) is 1.04. The van der Waals surface area contributed by atoms with Crippen molar-refractivity contribution in [1.29, 1.82) is 0 Å². The molecule has 1 fully saturated rings. The van der Waals surface area contributed by atoms with Gasteiger partial charge >= 0.3 is 0 Å². The largest absolute Gasteiger partial charge is 0.380 e. The average Bonchev–Trinajstić information content (AvgIpc) is 2.56. The number of ether oxygens (including phenoxy) is 1. The summed E-state index contributed by atoms with van der Waals surface area (Å²) in [5, 5.41) is 3.00. The fraction of sp³-hybridized carbons (Fsp3) is 1.00. The Morgan fingerprint density at radius 3 is 2.71 bits per heavy atom. The van der Waals surface area contributed by atoms with Crippen molar-refractivity contribution < 1.29 is 13.2 Å². The van der Waals surface area contributed by atoms with E-state index in [9.17, 15) is 8.42 Å². The lowest BCUT2D eigenvalue weighted by atomic mass is 10.1. The fourth-order valence-corrected chi connectivity index (χ4v) is 3.72. The van der Waals surface area contributed by atoms with Crippen LogP contribution in [0.1, 0.15) is 33.1 Å². The molecule has 0 bridgehead atoms. The second kappa shape index (κ2) is 7.34. The van der Waals surface area contributed by atoms with Gasteiger partial charge < -0.3 is 10.1 Å². The van der Waals surface area contributed by atoms with E-state index in [0.717, 1.165) is 32.4 Å². The Morgan fingerprint density at radius 1 is 1.35 bits per heavy atom. The van der Waals surface area contributed by atoms with Gasteiger partial charge in [0.05, 0.1) is 17.6 Å². The topological polar surface area (TPSA) is 55.4 Å². The Morgan fingerprint density at radius 2 is 2.12 bits per heavy atom. The minimum Gasteiger partial charge on any atom is -0.380 e. The molecule has 5 heteroatoms. The predicted molar refractivity (Wildman–Crippen MR) is 70.0 cm³/mol. The van der Waals surface area contributed by atoms with Crippen LogP contribution in [0.25, 0.3) is 0 Å². The molecule has 1 unspecified atom stereocenters. The summed E-state index contributed by atoms with van der Waals surface area (Å²) >= 11 is 0. The molecule has 0 aromatic carbocycles. The van der Waals surface area contributed by atoms with Gasteiger partial charge in [0.1, 0.15) is 0 Å². The first-order valence-corrected chi connectivity index (χ1v) is 8.24. The molecule has 4 nitrogen and oxygen atoms in total. The van der Waals surface area contributed by atoms with Gasteiger partial charge in [-0.2, -0.15) is 0 Å². The maximum Gasteiger partial charge on any atom is 0.154 e. The zero-order valence-electron chi connectivity index (χ0n) is 10.9. The minimum atomic E-state index is -2.80. The molecule has 0 aromatic rings. The van der Waals surface area contributed by atoms with E-state index < -0.39 is 9.84 Å². The zero-order chi connectivity index (χ0) is 12.7. The smallest absolute Gasteiger partial charge is 0.154 e. The first kappa shape index (κ1) is 14.9. The molecule has 0 saturated carbocycles. The van der Waals surface area contributed by atoms with Crippen molar-refractivity contribution in [3.8, 4) is 0 Å². The van der Waals surface area contributed by atoms with Gasteiger partial charge in [0.15, 0.2) is 9.84 Å². The maximum atomic E-state index is 11.5. The van der Waals surface area contributed by atoms with E-state index in [2.05, 4.69) is 19.2 Å². The summed E-state index contributed by atoms with van der Waals surface area (Å²) in [6.45, 7) is 7.12. The maximum absolute atomic E-state index is 11.5. The third-order valence-electron chi connectivity index (χ3n) is 3.10. The highest BCUT2D eigenvalue weighted by Gasteiger charge is 2.30. The Labute approximate surface area is 105 Å². The number of rotatable bonds is 8. The number of hydrogen-bond donors (Lipinski definition) is 1. The SMILES string of the molecule is CC(C)CCOCCNCC1CCCS1(=O)=O. The summed E-state index contributed by atoms with van der Waals surface area (Å²) < 4.78 is 28.5. The lowest BCUT2D eigenvalue weighted by molar-refractivity contribution is 0.125. The summed E-state index contributed by atoms with van der Waals surface area (Å²) in [6.07, 6.45) is 2.71. The van der Waals surface area contributed by atoms with Crippen LogP contribution in [-0.4, -0.2) is 45.7 Å². The monoisotopic (exact) mass is 263 g/mol. The Balaban J connectivity index is 1.98. The molecule has 102 valence electrons. The van der Waals surface area contributed by atoms with Crippen LogP contribution < -0.4 is 5.32 Å². The molecule has 1 aliphatic heterocycles. The van der Waals surface area contributed by atoms with Gasteiger partial charge in [-0.15, -0.1) is 0 Å². The summed E-state index contributed by atoms with van der Waals surface area (Å²) in [5.41, 5.74) is 0. The van der Waals surface area contributed by atoms with Gasteiger partial charge in [-0.25, -0.2) is 8.42 Å². The van der Waals surface area contributed by atoms with Crippen LogP contribution >= 0.6 is 0 Å². The van der Waals surface area contributed by atoms with Gasteiger partial charge in [-0.1, -0.05) is 13.8 Å². The van der Waals surface area contributed by atoms with Crippen LogP contribution in [0.15, 0.2) is 0 Å². The molecule has 0 aliphatic carbocycles. The van der Waals surface area contributed by atoms with Crippen molar-refractivity contribution in [2.45, 2.75) is 38.4 Å². The summed E-state index contributed by atoms with van der Waals surface area (Å²) in [7, 11) is -2.80. The van der Waals surface area contributed by atoms with E-state index in [1.807, 2.05) is 0 Å². The first-order valence-electron chi connectivity index (χ1n) is 6.52. The lowest BCUT2D eigenvalue weighted by Crippen LogP contribution is -2.32. The molecule has 0 spiro atoms. The molecule has 0 amide bonds. The fourth-order valence-electron chi connectivity index (χ4n) is 1.92. The van der Waals surface area contributed by atoms with Crippen molar-refractivity contribution in [3.63, 3.8) is 0 Å². The average molecular weight is 263 g/mol. The normalized spacial score (nSPS) is 23.4. The molecule has 1 rings (SSSR count). The molecular weight excluding hydrogens is 238 g/mol. The molecular formula is C12H25NO3S. The van der Waals surface area contributed by atoms with Crippen LogP contribution in [0, 0.1) is 5.92 Å². The highest BCUT2D eigenvalue weighted by Crippen LogP contribution is 2.18. The molecule has 0 radical (unpaired) electrons. The van der Waals surface area contributed by atoms with Gasteiger partial charge in [0.25, 0.3) is 0 Å². The predicted octanol–water partition coefficient (Wildman–Crippen LogP) is 1.22. The second-order valence-corrected chi connectivity index (χ2v) is 7.53. The number of nitrogens with one attached hydrogen (secondary N) is 1. The van der Waals surface area contributed by atoms with Crippen LogP contribution in [-0.2, 0) is 14.6 Å². The van der Waals surface area contributed by atoms with Crippen molar-refractivity contribution in [2.24, 2.45) is 5.92 Å². The zero-order valence-corrected chi connectivity index (χ0v) is 11.8. The van der Waals surface area contributed by atoms with Gasteiger partial charge in [-0.3, -0.25) is 0 Å². The number of hydrogen-bond acceptors (Lipinski definition) is 4. The second-order valence-electron chi connectivity index (χ2n) is 5.13. The van der Waals surface area contributed by atoms with Crippen LogP contribution in [0.5, 0.6) is 0 Å². The Bertz CT molecular complexity index is 301. The summed E-state index contributed by atoms with van der Waals surface area (Å²) in [6, 6.07) is 0.